The van der Waals surface area contributed by atoms with Crippen molar-refractivity contribution in [3.63, 3.8) is 0 Å². The van der Waals surface area contributed by atoms with E-state index in [4.69, 9.17) is 0 Å². The Morgan fingerprint density at radius 2 is 1.24 bits per heavy atom. The normalized spacial score (nSPS) is 9.38. The van der Waals surface area contributed by atoms with E-state index in [1.54, 1.807) is 6.07 Å². The van der Waals surface area contributed by atoms with Gasteiger partial charge in [0.05, 0.1) is 0 Å². The molecule has 3 rings (SSSR count). The molecule has 0 saturated heterocycles. The Balaban J connectivity index is 0.000000194. The summed E-state index contributed by atoms with van der Waals surface area (Å²) < 4.78 is 0. The highest BCUT2D eigenvalue weighted by Crippen LogP contribution is 2.19. The molecule has 0 spiro atoms. The Kier molecular flexibility index (Phi) is 5.48. The maximum Gasteiger partial charge on any atom is 0.150 e. The number of aldehydes is 1. The van der Waals surface area contributed by atoms with Gasteiger partial charge in [-0.2, -0.15) is 0 Å². The Morgan fingerprint density at radius 1 is 0.667 bits per heavy atom. The van der Waals surface area contributed by atoms with Gasteiger partial charge < -0.3 is 0 Å². The maximum atomic E-state index is 10.6. The largest absolute Gasteiger partial charge is 0.298 e. The van der Waals surface area contributed by atoms with Gasteiger partial charge in [-0.3, -0.25) is 4.79 Å². The van der Waals surface area contributed by atoms with E-state index >= 15 is 0 Å². The fraction of sp³-hybridized carbons (Fsp3) is 0.0500. The van der Waals surface area contributed by atoms with Gasteiger partial charge in [-0.05, 0) is 24.1 Å². The van der Waals surface area contributed by atoms with Crippen LogP contribution in [0, 0.1) is 6.92 Å². The average molecular weight is 274 g/mol. The molecule has 1 heteroatoms. The summed E-state index contributed by atoms with van der Waals surface area (Å²) in [5.41, 5.74) is 4.25. The highest BCUT2D eigenvalue weighted by Gasteiger charge is 1.96. The fourth-order valence-electron chi connectivity index (χ4n) is 1.96. The number of carbonyl (C=O) groups excluding carboxylic acids is 1. The molecule has 0 aliphatic heterocycles. The predicted molar refractivity (Wildman–Crippen MR) is 88.4 cm³/mol. The zero-order valence-corrected chi connectivity index (χ0v) is 12.1. The van der Waals surface area contributed by atoms with E-state index in [0.29, 0.717) is 5.56 Å². The van der Waals surface area contributed by atoms with Gasteiger partial charge in [0.25, 0.3) is 0 Å². The van der Waals surface area contributed by atoms with E-state index < -0.39 is 0 Å². The van der Waals surface area contributed by atoms with Crippen LogP contribution in [0.25, 0.3) is 11.1 Å². The van der Waals surface area contributed by atoms with Crippen LogP contribution in [0.15, 0.2) is 84.9 Å². The zero-order valence-electron chi connectivity index (χ0n) is 12.1. The highest BCUT2D eigenvalue weighted by molar-refractivity contribution is 5.78. The number of aryl methyl sites for hydroxylation is 1. The molecule has 0 aromatic heterocycles. The minimum atomic E-state index is 0.714. The molecule has 0 fully saturated rings. The van der Waals surface area contributed by atoms with Gasteiger partial charge in [-0.1, -0.05) is 84.4 Å². The smallest absolute Gasteiger partial charge is 0.150 e. The predicted octanol–water partition coefficient (Wildman–Crippen LogP) is 5.16. The molecule has 0 aliphatic rings. The van der Waals surface area contributed by atoms with Gasteiger partial charge in [0.1, 0.15) is 6.29 Å². The third-order valence-electron chi connectivity index (χ3n) is 3.07. The van der Waals surface area contributed by atoms with E-state index in [-0.39, 0.29) is 0 Å². The molecule has 0 atom stereocenters. The molecule has 3 aromatic rings. The SMILES string of the molecule is Cc1ccccc1.O=Cc1cccc(-c2ccccc2)c1. The lowest BCUT2D eigenvalue weighted by Crippen LogP contribution is -1.81. The Morgan fingerprint density at radius 3 is 1.76 bits per heavy atom. The standard InChI is InChI=1S/C13H10O.C7H8/c14-10-11-5-4-8-13(9-11)12-6-2-1-3-7-12;1-7-5-3-2-4-6-7/h1-10H;2-6H,1H3. The van der Waals surface area contributed by atoms with Crippen molar-refractivity contribution in [1.29, 1.82) is 0 Å². The summed E-state index contributed by atoms with van der Waals surface area (Å²) in [4.78, 5) is 10.6. The molecule has 0 heterocycles. The summed E-state index contributed by atoms with van der Waals surface area (Å²) in [5, 5.41) is 0. The van der Waals surface area contributed by atoms with E-state index in [1.165, 1.54) is 5.56 Å². The van der Waals surface area contributed by atoms with Crippen LogP contribution in [0.5, 0.6) is 0 Å². The van der Waals surface area contributed by atoms with Gasteiger partial charge in [-0.15, -0.1) is 0 Å². The first kappa shape index (κ1) is 14.7. The third kappa shape index (κ3) is 4.73. The van der Waals surface area contributed by atoms with Gasteiger partial charge in [-0.25, -0.2) is 0 Å². The lowest BCUT2D eigenvalue weighted by atomic mass is 10.0. The molecule has 1 nitrogen and oxygen atoms in total. The highest BCUT2D eigenvalue weighted by atomic mass is 16.1. The number of hydrogen-bond donors (Lipinski definition) is 0. The molecule has 3 aromatic carbocycles. The second-order valence-corrected chi connectivity index (χ2v) is 4.76. The first-order valence-electron chi connectivity index (χ1n) is 6.92. The van der Waals surface area contributed by atoms with Crippen molar-refractivity contribution in [1.82, 2.24) is 0 Å². The fourth-order valence-corrected chi connectivity index (χ4v) is 1.96. The van der Waals surface area contributed by atoms with E-state index in [2.05, 4.69) is 19.1 Å². The Hall–Kier alpha value is -2.67. The van der Waals surface area contributed by atoms with Crippen LogP contribution in [0.4, 0.5) is 0 Å². The molecule has 0 bridgehead atoms. The number of benzene rings is 3. The maximum absolute atomic E-state index is 10.6. The van der Waals surface area contributed by atoms with Crippen LogP contribution in [-0.2, 0) is 0 Å². The minimum absolute atomic E-state index is 0.714. The monoisotopic (exact) mass is 274 g/mol. The van der Waals surface area contributed by atoms with Crippen molar-refractivity contribution in [2.45, 2.75) is 6.92 Å². The van der Waals surface area contributed by atoms with Gasteiger partial charge in [0, 0.05) is 5.56 Å². The molecule has 0 saturated carbocycles. The third-order valence-corrected chi connectivity index (χ3v) is 3.07. The van der Waals surface area contributed by atoms with Crippen LogP contribution in [0.2, 0.25) is 0 Å². The molecule has 0 amide bonds. The second kappa shape index (κ2) is 7.81. The summed E-state index contributed by atoms with van der Waals surface area (Å²) >= 11 is 0. The summed E-state index contributed by atoms with van der Waals surface area (Å²) in [5.74, 6) is 0. The zero-order chi connectivity index (χ0) is 14.9. The van der Waals surface area contributed by atoms with E-state index in [0.717, 1.165) is 17.4 Å². The van der Waals surface area contributed by atoms with Crippen LogP contribution < -0.4 is 0 Å². The summed E-state index contributed by atoms with van der Waals surface area (Å²) in [6, 6.07) is 27.9. The number of rotatable bonds is 2. The van der Waals surface area contributed by atoms with Crippen LogP contribution in [0.3, 0.4) is 0 Å². The van der Waals surface area contributed by atoms with E-state index in [9.17, 15) is 4.79 Å². The minimum Gasteiger partial charge on any atom is -0.298 e. The number of carbonyl (C=O) groups is 1. The Labute approximate surface area is 125 Å². The molecule has 21 heavy (non-hydrogen) atoms. The summed E-state index contributed by atoms with van der Waals surface area (Å²) in [6.07, 6.45) is 0.867. The summed E-state index contributed by atoms with van der Waals surface area (Å²) in [6.45, 7) is 2.08. The lowest BCUT2D eigenvalue weighted by molar-refractivity contribution is 0.112. The van der Waals surface area contributed by atoms with E-state index in [1.807, 2.05) is 66.7 Å². The van der Waals surface area contributed by atoms with Crippen LogP contribution >= 0.6 is 0 Å². The average Bonchev–Trinajstić information content (AvgIpc) is 2.57. The number of hydrogen-bond acceptors (Lipinski definition) is 1. The van der Waals surface area contributed by atoms with Crippen molar-refractivity contribution >= 4 is 6.29 Å². The molecule has 0 aliphatic carbocycles. The molecular weight excluding hydrogens is 256 g/mol. The Bertz CT molecular complexity index is 672. The first-order valence-corrected chi connectivity index (χ1v) is 6.92. The van der Waals surface area contributed by atoms with Crippen LogP contribution in [-0.4, -0.2) is 6.29 Å². The lowest BCUT2D eigenvalue weighted by Gasteiger charge is -2.00. The van der Waals surface area contributed by atoms with Crippen molar-refractivity contribution in [2.75, 3.05) is 0 Å². The molecule has 0 radical (unpaired) electrons. The first-order chi connectivity index (χ1) is 10.3. The topological polar surface area (TPSA) is 17.1 Å². The van der Waals surface area contributed by atoms with Crippen LogP contribution in [0.1, 0.15) is 15.9 Å². The summed E-state index contributed by atoms with van der Waals surface area (Å²) in [7, 11) is 0. The molecule has 0 unspecified atom stereocenters. The van der Waals surface area contributed by atoms with Crippen molar-refractivity contribution < 1.29 is 4.79 Å². The van der Waals surface area contributed by atoms with Gasteiger partial charge >= 0.3 is 0 Å². The molecule has 104 valence electrons. The quantitative estimate of drug-likeness (QED) is 0.590. The van der Waals surface area contributed by atoms with Crippen molar-refractivity contribution in [2.24, 2.45) is 0 Å². The van der Waals surface area contributed by atoms with Gasteiger partial charge in [0.2, 0.25) is 0 Å². The molecule has 0 N–H and O–H groups in total. The second-order valence-electron chi connectivity index (χ2n) is 4.76. The van der Waals surface area contributed by atoms with Crippen molar-refractivity contribution in [3.05, 3.63) is 96.1 Å². The molecular formula is C20H18O. The van der Waals surface area contributed by atoms with Gasteiger partial charge in [0.15, 0.2) is 0 Å². The van der Waals surface area contributed by atoms with Crippen molar-refractivity contribution in [3.8, 4) is 11.1 Å².